The van der Waals surface area contributed by atoms with E-state index in [9.17, 15) is 9.59 Å². The Hall–Kier alpha value is -2.50. The third-order valence-corrected chi connectivity index (χ3v) is 4.71. The van der Waals surface area contributed by atoms with Gasteiger partial charge in [0, 0.05) is 37.3 Å². The van der Waals surface area contributed by atoms with Gasteiger partial charge in [-0.2, -0.15) is 0 Å². The van der Waals surface area contributed by atoms with Gasteiger partial charge in [0.2, 0.25) is 0 Å². The molecule has 0 saturated carbocycles. The van der Waals surface area contributed by atoms with Gasteiger partial charge in [-0.15, -0.1) is 0 Å². The standard InChI is InChI=1S/C21H24N2O3/c1-26-19-9-7-18(8-10-19)21(25)16-23-13-11-22(12-14-23)15-20(24)17-5-3-2-4-6-17/h2-10H,11-16H2,1H3. The molecule has 5 nitrogen and oxygen atoms in total. The zero-order chi connectivity index (χ0) is 18.4. The molecule has 2 aromatic carbocycles. The first-order valence-electron chi connectivity index (χ1n) is 8.86. The van der Waals surface area contributed by atoms with Gasteiger partial charge in [0.05, 0.1) is 20.2 Å². The van der Waals surface area contributed by atoms with Crippen molar-refractivity contribution in [2.45, 2.75) is 0 Å². The highest BCUT2D eigenvalue weighted by Crippen LogP contribution is 2.13. The van der Waals surface area contributed by atoms with E-state index in [1.165, 1.54) is 0 Å². The van der Waals surface area contributed by atoms with Crippen LogP contribution in [0.25, 0.3) is 0 Å². The fourth-order valence-electron chi connectivity index (χ4n) is 3.10. The van der Waals surface area contributed by atoms with Gasteiger partial charge in [-0.1, -0.05) is 30.3 Å². The van der Waals surface area contributed by atoms with Crippen LogP contribution in [0, 0.1) is 0 Å². The van der Waals surface area contributed by atoms with Crippen molar-refractivity contribution in [2.24, 2.45) is 0 Å². The minimum atomic E-state index is 0.112. The maximum absolute atomic E-state index is 12.4. The SMILES string of the molecule is COc1ccc(C(=O)CN2CCN(CC(=O)c3ccccc3)CC2)cc1. The Balaban J connectivity index is 1.46. The number of ketones is 2. The van der Waals surface area contributed by atoms with Crippen LogP contribution < -0.4 is 4.74 Å². The summed E-state index contributed by atoms with van der Waals surface area (Å²) >= 11 is 0. The van der Waals surface area contributed by atoms with E-state index in [2.05, 4.69) is 9.80 Å². The molecule has 1 aliphatic heterocycles. The average molecular weight is 352 g/mol. The number of hydrogen-bond donors (Lipinski definition) is 0. The fraction of sp³-hybridized carbons (Fsp3) is 0.333. The molecule has 5 heteroatoms. The van der Waals surface area contributed by atoms with E-state index in [4.69, 9.17) is 4.74 Å². The number of benzene rings is 2. The number of carbonyl (C=O) groups is 2. The number of ether oxygens (including phenoxy) is 1. The Bertz CT molecular complexity index is 736. The van der Waals surface area contributed by atoms with Crippen LogP contribution in [0.2, 0.25) is 0 Å². The van der Waals surface area contributed by atoms with Crippen LogP contribution in [0.1, 0.15) is 20.7 Å². The van der Waals surface area contributed by atoms with Crippen LogP contribution in [0.15, 0.2) is 54.6 Å². The summed E-state index contributed by atoms with van der Waals surface area (Å²) in [6.07, 6.45) is 0. The van der Waals surface area contributed by atoms with Gasteiger partial charge in [-0.05, 0) is 24.3 Å². The summed E-state index contributed by atoms with van der Waals surface area (Å²) in [4.78, 5) is 29.0. The highest BCUT2D eigenvalue weighted by molar-refractivity contribution is 5.98. The molecule has 0 N–H and O–H groups in total. The minimum absolute atomic E-state index is 0.112. The third-order valence-electron chi connectivity index (χ3n) is 4.71. The van der Waals surface area contributed by atoms with Crippen LogP contribution in [-0.2, 0) is 0 Å². The van der Waals surface area contributed by atoms with Crippen LogP contribution in [0.3, 0.4) is 0 Å². The molecule has 1 saturated heterocycles. The molecule has 1 aliphatic rings. The first-order chi connectivity index (χ1) is 12.7. The predicted molar refractivity (Wildman–Crippen MR) is 101 cm³/mol. The Morgan fingerprint density at radius 3 is 1.69 bits per heavy atom. The molecule has 0 aromatic heterocycles. The first kappa shape index (κ1) is 18.3. The van der Waals surface area contributed by atoms with Crippen molar-refractivity contribution in [3.63, 3.8) is 0 Å². The molecule has 0 spiro atoms. The van der Waals surface area contributed by atoms with E-state index >= 15 is 0 Å². The molecule has 0 amide bonds. The third kappa shape index (κ3) is 4.77. The van der Waals surface area contributed by atoms with Gasteiger partial charge in [-0.25, -0.2) is 0 Å². The van der Waals surface area contributed by atoms with Gasteiger partial charge in [0.15, 0.2) is 11.6 Å². The molecular formula is C21H24N2O3. The maximum Gasteiger partial charge on any atom is 0.176 e. The quantitative estimate of drug-likeness (QED) is 0.716. The number of methoxy groups -OCH3 is 1. The number of nitrogens with zero attached hydrogens (tertiary/aromatic N) is 2. The van der Waals surface area contributed by atoms with E-state index in [1.54, 1.807) is 31.4 Å². The first-order valence-corrected chi connectivity index (χ1v) is 8.86. The topological polar surface area (TPSA) is 49.9 Å². The molecular weight excluding hydrogens is 328 g/mol. The number of piperazine rings is 1. The molecule has 0 atom stereocenters. The second-order valence-electron chi connectivity index (χ2n) is 6.49. The number of carbonyl (C=O) groups excluding carboxylic acids is 2. The van der Waals surface area contributed by atoms with E-state index in [1.807, 2.05) is 30.3 Å². The molecule has 0 aliphatic carbocycles. The Morgan fingerprint density at radius 1 is 0.769 bits per heavy atom. The summed E-state index contributed by atoms with van der Waals surface area (Å²) < 4.78 is 5.12. The lowest BCUT2D eigenvalue weighted by molar-refractivity contribution is 0.0783. The zero-order valence-electron chi connectivity index (χ0n) is 15.1. The maximum atomic E-state index is 12.4. The van der Waals surface area contributed by atoms with Gasteiger partial charge < -0.3 is 4.74 Å². The monoisotopic (exact) mass is 352 g/mol. The molecule has 0 bridgehead atoms. The van der Waals surface area contributed by atoms with Crippen LogP contribution >= 0.6 is 0 Å². The summed E-state index contributed by atoms with van der Waals surface area (Å²) in [5.74, 6) is 1.01. The lowest BCUT2D eigenvalue weighted by Crippen LogP contribution is -2.49. The Labute approximate surface area is 154 Å². The smallest absolute Gasteiger partial charge is 0.176 e. The van der Waals surface area contributed by atoms with Crippen molar-refractivity contribution in [3.8, 4) is 5.75 Å². The van der Waals surface area contributed by atoms with Crippen molar-refractivity contribution in [2.75, 3.05) is 46.4 Å². The summed E-state index contributed by atoms with van der Waals surface area (Å²) in [6, 6.07) is 16.6. The summed E-state index contributed by atoms with van der Waals surface area (Å²) in [5.41, 5.74) is 1.46. The lowest BCUT2D eigenvalue weighted by Gasteiger charge is -2.33. The highest BCUT2D eigenvalue weighted by atomic mass is 16.5. The normalized spacial score (nSPS) is 15.6. The van der Waals surface area contributed by atoms with Crippen molar-refractivity contribution in [1.29, 1.82) is 0 Å². The second kappa shape index (κ2) is 8.74. The summed E-state index contributed by atoms with van der Waals surface area (Å²) in [5, 5.41) is 0. The molecule has 0 unspecified atom stereocenters. The molecule has 3 rings (SSSR count). The fourth-order valence-corrected chi connectivity index (χ4v) is 3.10. The lowest BCUT2D eigenvalue weighted by atomic mass is 10.1. The van der Waals surface area contributed by atoms with E-state index < -0.39 is 0 Å². The zero-order valence-corrected chi connectivity index (χ0v) is 15.1. The van der Waals surface area contributed by atoms with Gasteiger partial charge in [0.25, 0.3) is 0 Å². The molecule has 1 fully saturated rings. The molecule has 26 heavy (non-hydrogen) atoms. The molecule has 0 radical (unpaired) electrons. The average Bonchev–Trinajstić information content (AvgIpc) is 2.70. The highest BCUT2D eigenvalue weighted by Gasteiger charge is 2.21. The second-order valence-corrected chi connectivity index (χ2v) is 6.49. The van der Waals surface area contributed by atoms with Crippen molar-refractivity contribution in [3.05, 3.63) is 65.7 Å². The van der Waals surface area contributed by atoms with E-state index in [0.29, 0.717) is 18.7 Å². The molecule has 136 valence electrons. The largest absolute Gasteiger partial charge is 0.497 e. The Morgan fingerprint density at radius 2 is 1.23 bits per heavy atom. The minimum Gasteiger partial charge on any atom is -0.497 e. The molecule has 1 heterocycles. The Kier molecular flexibility index (Phi) is 6.15. The summed E-state index contributed by atoms with van der Waals surface area (Å²) in [6.45, 7) is 4.04. The predicted octanol–water partition coefficient (Wildman–Crippen LogP) is 2.38. The number of hydrogen-bond acceptors (Lipinski definition) is 5. The van der Waals surface area contributed by atoms with Gasteiger partial charge in [0.1, 0.15) is 5.75 Å². The van der Waals surface area contributed by atoms with Crippen LogP contribution in [-0.4, -0.2) is 67.7 Å². The number of Topliss-reactive ketones (excluding diaryl/α,β-unsaturated/α-hetero) is 2. The van der Waals surface area contributed by atoms with Gasteiger partial charge >= 0.3 is 0 Å². The number of rotatable bonds is 7. The van der Waals surface area contributed by atoms with E-state index in [-0.39, 0.29) is 11.6 Å². The summed E-state index contributed by atoms with van der Waals surface area (Å²) in [7, 11) is 1.61. The van der Waals surface area contributed by atoms with E-state index in [0.717, 1.165) is 37.5 Å². The van der Waals surface area contributed by atoms with Crippen molar-refractivity contribution >= 4 is 11.6 Å². The van der Waals surface area contributed by atoms with Crippen molar-refractivity contribution < 1.29 is 14.3 Å². The van der Waals surface area contributed by atoms with Crippen molar-refractivity contribution in [1.82, 2.24) is 9.80 Å². The van der Waals surface area contributed by atoms with Crippen LogP contribution in [0.5, 0.6) is 5.75 Å². The van der Waals surface area contributed by atoms with Gasteiger partial charge in [-0.3, -0.25) is 19.4 Å². The molecule has 2 aromatic rings. The van der Waals surface area contributed by atoms with Crippen LogP contribution in [0.4, 0.5) is 0 Å².